The van der Waals surface area contributed by atoms with Gasteiger partial charge in [0.25, 0.3) is 11.6 Å². The molecule has 1 aromatic heterocycles. The van der Waals surface area contributed by atoms with Crippen molar-refractivity contribution in [2.75, 3.05) is 24.9 Å². The molecule has 2 heterocycles. The number of benzene rings is 1. The number of nitro benzene ring substituents is 1. The van der Waals surface area contributed by atoms with E-state index in [4.69, 9.17) is 25.9 Å². The molecule has 2 aromatic rings. The third-order valence-electron chi connectivity index (χ3n) is 5.35. The standard InChI is InChI=1S/C23H25ClN6O9S/c1-23(2,21(34)38-9-12-4-6-13(7-5-12)30(35)36)39-29-18(15-11-40-22(26-15)27-16(31)8-24)20(33)28-17-14(10-37-3)25-19(17)32/h4-7,11,14,17H,8-10H2,1-3H3,(H,25,32)(H,28,33)(H,26,27,31)/b29-18-/t14-,17+/m0/s1. The summed E-state index contributed by atoms with van der Waals surface area (Å²) in [7, 11) is 1.44. The number of carbonyl (C=O) groups excluding carboxylic acids is 4. The van der Waals surface area contributed by atoms with Gasteiger partial charge in [0.05, 0.1) is 17.6 Å². The van der Waals surface area contributed by atoms with Gasteiger partial charge >= 0.3 is 5.97 Å². The lowest BCUT2D eigenvalue weighted by molar-refractivity contribution is -0.384. The number of β-lactam (4-membered cyclic amide) rings is 1. The molecule has 0 radical (unpaired) electrons. The van der Waals surface area contributed by atoms with Crippen LogP contribution in [-0.2, 0) is 40.1 Å². The molecule has 0 aliphatic carbocycles. The molecule has 1 fully saturated rings. The molecular formula is C23H25ClN6O9S. The first kappa shape index (κ1) is 30.4. The Morgan fingerprint density at radius 1 is 1.27 bits per heavy atom. The summed E-state index contributed by atoms with van der Waals surface area (Å²) in [4.78, 5) is 69.3. The largest absolute Gasteiger partial charge is 0.458 e. The van der Waals surface area contributed by atoms with E-state index in [2.05, 4.69) is 26.1 Å². The average Bonchev–Trinajstić information content (AvgIpc) is 3.38. The number of aromatic nitrogens is 1. The SMILES string of the molecule is COC[C@@H]1NC(=O)[C@@H]1NC(=O)/C(=N\OC(C)(C)C(=O)OCc1ccc([N+](=O)[O-])cc1)c1csc(NC(=O)CCl)n1. The number of non-ortho nitro benzene ring substituents is 1. The number of alkyl halides is 1. The van der Waals surface area contributed by atoms with Gasteiger partial charge in [-0.25, -0.2) is 9.78 Å². The van der Waals surface area contributed by atoms with E-state index in [1.165, 1.54) is 50.6 Å². The van der Waals surface area contributed by atoms with Gasteiger partial charge in [-0.3, -0.25) is 24.5 Å². The number of methoxy groups -OCH3 is 1. The van der Waals surface area contributed by atoms with Gasteiger partial charge in [-0.2, -0.15) is 0 Å². The monoisotopic (exact) mass is 596 g/mol. The van der Waals surface area contributed by atoms with Crippen molar-refractivity contribution in [3.05, 3.63) is 51.0 Å². The van der Waals surface area contributed by atoms with Crippen LogP contribution in [0, 0.1) is 10.1 Å². The Kier molecular flexibility index (Phi) is 10.1. The summed E-state index contributed by atoms with van der Waals surface area (Å²) < 4.78 is 10.3. The number of nitrogens with zero attached hydrogens (tertiary/aromatic N) is 3. The number of hydrogen-bond donors (Lipinski definition) is 3. The lowest BCUT2D eigenvalue weighted by Crippen LogP contribution is -2.71. The number of rotatable bonds is 13. The molecule has 17 heteroatoms. The highest BCUT2D eigenvalue weighted by molar-refractivity contribution is 7.14. The molecule has 1 aliphatic rings. The quantitative estimate of drug-likeness (QED) is 0.0750. The number of anilines is 1. The highest BCUT2D eigenvalue weighted by Gasteiger charge is 2.41. The zero-order valence-electron chi connectivity index (χ0n) is 21.5. The number of hydrogen-bond acceptors (Lipinski definition) is 12. The molecule has 214 valence electrons. The topological polar surface area (TPSA) is 200 Å². The Labute approximate surface area is 236 Å². The van der Waals surface area contributed by atoms with Crippen molar-refractivity contribution in [2.45, 2.75) is 38.1 Å². The molecule has 3 amide bonds. The van der Waals surface area contributed by atoms with Gasteiger partial charge in [0.2, 0.25) is 17.4 Å². The molecular weight excluding hydrogens is 572 g/mol. The Balaban J connectivity index is 1.76. The van der Waals surface area contributed by atoms with Gasteiger partial charge < -0.3 is 30.3 Å². The lowest BCUT2D eigenvalue weighted by atomic mass is 9.99. The van der Waals surface area contributed by atoms with Crippen LogP contribution >= 0.6 is 22.9 Å². The van der Waals surface area contributed by atoms with E-state index < -0.39 is 46.3 Å². The molecule has 0 saturated carbocycles. The molecule has 0 bridgehead atoms. The van der Waals surface area contributed by atoms with Crippen LogP contribution in [-0.4, -0.2) is 76.6 Å². The van der Waals surface area contributed by atoms with Crippen LogP contribution in [0.15, 0.2) is 34.8 Å². The summed E-state index contributed by atoms with van der Waals surface area (Å²) >= 11 is 6.49. The van der Waals surface area contributed by atoms with Crippen LogP contribution < -0.4 is 16.0 Å². The Morgan fingerprint density at radius 2 is 1.98 bits per heavy atom. The van der Waals surface area contributed by atoms with E-state index in [-0.39, 0.29) is 41.3 Å². The second-order valence-electron chi connectivity index (χ2n) is 8.78. The molecule has 0 unspecified atom stereocenters. The van der Waals surface area contributed by atoms with Crippen molar-refractivity contribution < 1.29 is 38.4 Å². The summed E-state index contributed by atoms with van der Waals surface area (Å²) in [6, 6.07) is 4.05. The van der Waals surface area contributed by atoms with Gasteiger partial charge in [-0.05, 0) is 31.5 Å². The Hall–Kier alpha value is -4.15. The minimum atomic E-state index is -1.69. The molecule has 0 spiro atoms. The van der Waals surface area contributed by atoms with Gasteiger partial charge in [-0.1, -0.05) is 5.16 Å². The maximum absolute atomic E-state index is 13.2. The summed E-state index contributed by atoms with van der Waals surface area (Å²) in [5, 5.41) is 23.8. The minimum Gasteiger partial charge on any atom is -0.458 e. The van der Waals surface area contributed by atoms with E-state index in [1.54, 1.807) is 0 Å². The third-order valence-corrected chi connectivity index (χ3v) is 6.35. The van der Waals surface area contributed by atoms with Crippen molar-refractivity contribution in [1.29, 1.82) is 0 Å². The number of ether oxygens (including phenoxy) is 2. The predicted octanol–water partition coefficient (Wildman–Crippen LogP) is 1.10. The fraction of sp³-hybridized carbons (Fsp3) is 0.391. The predicted molar refractivity (Wildman–Crippen MR) is 142 cm³/mol. The number of carbonyl (C=O) groups is 4. The van der Waals surface area contributed by atoms with Crippen LogP contribution in [0.4, 0.5) is 10.8 Å². The van der Waals surface area contributed by atoms with E-state index in [0.717, 1.165) is 11.3 Å². The first-order chi connectivity index (χ1) is 18.9. The third kappa shape index (κ3) is 7.71. The van der Waals surface area contributed by atoms with Crippen molar-refractivity contribution in [2.24, 2.45) is 5.16 Å². The van der Waals surface area contributed by atoms with E-state index in [0.29, 0.717) is 5.56 Å². The first-order valence-corrected chi connectivity index (χ1v) is 12.9. The number of nitrogens with one attached hydrogen (secondary N) is 3. The van der Waals surface area contributed by atoms with Crippen LogP contribution in [0.3, 0.4) is 0 Å². The molecule has 40 heavy (non-hydrogen) atoms. The molecule has 3 N–H and O–H groups in total. The van der Waals surface area contributed by atoms with Crippen molar-refractivity contribution in [3.63, 3.8) is 0 Å². The number of halogens is 1. The van der Waals surface area contributed by atoms with E-state index >= 15 is 0 Å². The molecule has 15 nitrogen and oxygen atoms in total. The van der Waals surface area contributed by atoms with E-state index in [1.807, 2.05) is 0 Å². The van der Waals surface area contributed by atoms with Crippen LogP contribution in [0.5, 0.6) is 0 Å². The molecule has 1 aliphatic heterocycles. The number of oxime groups is 1. The van der Waals surface area contributed by atoms with Crippen molar-refractivity contribution in [3.8, 4) is 0 Å². The van der Waals surface area contributed by atoms with Crippen LogP contribution in [0.1, 0.15) is 25.1 Å². The summed E-state index contributed by atoms with van der Waals surface area (Å²) in [6.45, 7) is 2.66. The Bertz CT molecular complexity index is 1310. The van der Waals surface area contributed by atoms with Crippen molar-refractivity contribution >= 4 is 63.2 Å². The van der Waals surface area contributed by atoms with E-state index in [9.17, 15) is 29.3 Å². The zero-order chi connectivity index (χ0) is 29.4. The Morgan fingerprint density at radius 3 is 2.58 bits per heavy atom. The van der Waals surface area contributed by atoms with Crippen molar-refractivity contribution in [1.82, 2.24) is 15.6 Å². The molecule has 3 rings (SSSR count). The van der Waals surface area contributed by atoms with Gasteiger partial charge in [-0.15, -0.1) is 22.9 Å². The fourth-order valence-electron chi connectivity index (χ4n) is 3.17. The van der Waals surface area contributed by atoms with Gasteiger partial charge in [0, 0.05) is 24.6 Å². The number of amides is 3. The summed E-state index contributed by atoms with van der Waals surface area (Å²) in [5.74, 6) is -2.95. The maximum Gasteiger partial charge on any atom is 0.353 e. The van der Waals surface area contributed by atoms with Gasteiger partial charge in [0.1, 0.15) is 24.2 Å². The normalized spacial score (nSPS) is 16.8. The summed E-state index contributed by atoms with van der Waals surface area (Å²) in [6.07, 6.45) is 0. The first-order valence-electron chi connectivity index (χ1n) is 11.5. The number of esters is 1. The molecule has 1 aromatic carbocycles. The number of thiazole rings is 1. The fourth-order valence-corrected chi connectivity index (χ4v) is 3.94. The average molecular weight is 597 g/mol. The summed E-state index contributed by atoms with van der Waals surface area (Å²) in [5.41, 5.74) is -1.69. The lowest BCUT2D eigenvalue weighted by Gasteiger charge is -2.36. The highest BCUT2D eigenvalue weighted by atomic mass is 35.5. The van der Waals surface area contributed by atoms with Crippen LogP contribution in [0.2, 0.25) is 0 Å². The maximum atomic E-state index is 13.2. The molecule has 1 saturated heterocycles. The second kappa shape index (κ2) is 13.3. The number of nitro groups is 1. The van der Waals surface area contributed by atoms with Gasteiger partial charge in [0.15, 0.2) is 10.8 Å². The molecule has 2 atom stereocenters. The van der Waals surface area contributed by atoms with Crippen LogP contribution in [0.25, 0.3) is 0 Å². The smallest absolute Gasteiger partial charge is 0.353 e. The highest BCUT2D eigenvalue weighted by Crippen LogP contribution is 2.20. The zero-order valence-corrected chi connectivity index (χ0v) is 23.0. The minimum absolute atomic E-state index is 0.00885. The second-order valence-corrected chi connectivity index (χ2v) is 9.91.